The summed E-state index contributed by atoms with van der Waals surface area (Å²) in [5, 5.41) is -0.279. The highest BCUT2D eigenvalue weighted by Gasteiger charge is 2.21. The van der Waals surface area contributed by atoms with E-state index < -0.39 is 15.8 Å². The van der Waals surface area contributed by atoms with Crippen molar-refractivity contribution < 1.29 is 12.8 Å². The summed E-state index contributed by atoms with van der Waals surface area (Å²) in [7, 11) is -4.07. The second kappa shape index (κ2) is 5.45. The van der Waals surface area contributed by atoms with E-state index in [4.69, 9.17) is 17.3 Å². The highest BCUT2D eigenvalue weighted by Crippen LogP contribution is 2.27. The number of hydrogen-bond donors (Lipinski definition) is 2. The maximum atomic E-state index is 13.2. The van der Waals surface area contributed by atoms with Crippen LogP contribution in [0.1, 0.15) is 11.4 Å². The van der Waals surface area contributed by atoms with E-state index in [1.165, 1.54) is 0 Å². The van der Waals surface area contributed by atoms with Crippen molar-refractivity contribution in [1.29, 1.82) is 0 Å². The Morgan fingerprint density at radius 2 is 1.76 bits per heavy atom. The standard InChI is InChI=1S/C12H12ClFN4O2S/c1-6-3-7(2)17-12(16-6)18-21(19,20)11-5-10(15)9(14)4-8(11)13/h3-5H,15H2,1-2H3,(H,16,17,18). The Morgan fingerprint density at radius 1 is 1.19 bits per heavy atom. The van der Waals surface area contributed by atoms with Crippen LogP contribution in [0.4, 0.5) is 16.0 Å². The summed E-state index contributed by atoms with van der Waals surface area (Å²) in [6.07, 6.45) is 0. The fourth-order valence-corrected chi connectivity index (χ4v) is 3.19. The highest BCUT2D eigenvalue weighted by atomic mass is 35.5. The quantitative estimate of drug-likeness (QED) is 0.841. The molecular formula is C12H12ClFN4O2S. The van der Waals surface area contributed by atoms with Gasteiger partial charge in [0, 0.05) is 11.4 Å². The first kappa shape index (κ1) is 15.5. The number of nitrogens with two attached hydrogens (primary N) is 1. The molecule has 0 unspecified atom stereocenters. The number of sulfonamides is 1. The normalized spacial score (nSPS) is 11.4. The van der Waals surface area contributed by atoms with E-state index in [1.807, 2.05) is 0 Å². The molecule has 0 atom stereocenters. The van der Waals surface area contributed by atoms with Crippen molar-refractivity contribution in [3.63, 3.8) is 0 Å². The predicted molar refractivity (Wildman–Crippen MR) is 78.1 cm³/mol. The SMILES string of the molecule is Cc1cc(C)nc(NS(=O)(=O)c2cc(N)c(F)cc2Cl)n1. The molecule has 6 nitrogen and oxygen atoms in total. The fourth-order valence-electron chi connectivity index (χ4n) is 1.70. The topological polar surface area (TPSA) is 98.0 Å². The average Bonchev–Trinajstić information content (AvgIpc) is 2.31. The van der Waals surface area contributed by atoms with Gasteiger partial charge >= 0.3 is 0 Å². The van der Waals surface area contributed by atoms with Crippen molar-refractivity contribution in [3.8, 4) is 0 Å². The number of halogens is 2. The summed E-state index contributed by atoms with van der Waals surface area (Å²) in [5.74, 6) is -0.881. The molecule has 0 saturated heterocycles. The summed E-state index contributed by atoms with van der Waals surface area (Å²) in [5.41, 5.74) is 6.26. The van der Waals surface area contributed by atoms with E-state index in [0.717, 1.165) is 12.1 Å². The van der Waals surface area contributed by atoms with Crippen LogP contribution in [0.3, 0.4) is 0 Å². The molecule has 0 bridgehead atoms. The summed E-state index contributed by atoms with van der Waals surface area (Å²) in [4.78, 5) is 7.59. The van der Waals surface area contributed by atoms with Crippen LogP contribution < -0.4 is 10.5 Å². The average molecular weight is 331 g/mol. The lowest BCUT2D eigenvalue weighted by Gasteiger charge is -2.10. The lowest BCUT2D eigenvalue weighted by molar-refractivity contribution is 0.599. The van der Waals surface area contributed by atoms with E-state index >= 15 is 0 Å². The van der Waals surface area contributed by atoms with Crippen molar-refractivity contribution in [2.75, 3.05) is 10.5 Å². The summed E-state index contributed by atoms with van der Waals surface area (Å²) < 4.78 is 39.9. The van der Waals surface area contributed by atoms with E-state index in [0.29, 0.717) is 11.4 Å². The van der Waals surface area contributed by atoms with Gasteiger partial charge in [-0.2, -0.15) is 0 Å². The van der Waals surface area contributed by atoms with Crippen molar-refractivity contribution in [2.24, 2.45) is 0 Å². The Morgan fingerprint density at radius 3 is 2.33 bits per heavy atom. The number of rotatable bonds is 3. The zero-order valence-electron chi connectivity index (χ0n) is 11.2. The second-order valence-electron chi connectivity index (χ2n) is 4.38. The van der Waals surface area contributed by atoms with E-state index in [9.17, 15) is 12.8 Å². The van der Waals surface area contributed by atoms with Crippen molar-refractivity contribution in [3.05, 3.63) is 40.4 Å². The van der Waals surface area contributed by atoms with E-state index in [-0.39, 0.29) is 21.6 Å². The maximum Gasteiger partial charge on any atom is 0.265 e. The Kier molecular flexibility index (Phi) is 4.02. The van der Waals surface area contributed by atoms with Gasteiger partial charge in [0.1, 0.15) is 10.7 Å². The number of aromatic nitrogens is 2. The monoisotopic (exact) mass is 330 g/mol. The van der Waals surface area contributed by atoms with E-state index in [2.05, 4.69) is 14.7 Å². The van der Waals surface area contributed by atoms with Gasteiger partial charge in [0.25, 0.3) is 10.0 Å². The number of nitrogens with zero attached hydrogens (tertiary/aromatic N) is 2. The molecule has 2 aromatic rings. The molecule has 1 aromatic carbocycles. The number of benzene rings is 1. The van der Waals surface area contributed by atoms with Crippen LogP contribution in [0.2, 0.25) is 5.02 Å². The van der Waals surface area contributed by atoms with Crippen LogP contribution in [0.5, 0.6) is 0 Å². The van der Waals surface area contributed by atoms with Gasteiger partial charge in [-0.1, -0.05) is 11.6 Å². The minimum atomic E-state index is -4.07. The molecule has 9 heteroatoms. The first-order valence-corrected chi connectivity index (χ1v) is 7.65. The van der Waals surface area contributed by atoms with Gasteiger partial charge in [-0.3, -0.25) is 0 Å². The molecule has 21 heavy (non-hydrogen) atoms. The Balaban J connectivity index is 2.45. The molecule has 0 aliphatic heterocycles. The van der Waals surface area contributed by atoms with Crippen LogP contribution in [0, 0.1) is 19.7 Å². The van der Waals surface area contributed by atoms with Gasteiger partial charge in [-0.05, 0) is 32.0 Å². The van der Waals surface area contributed by atoms with Crippen LogP contribution in [-0.2, 0) is 10.0 Å². The Labute approximate surface area is 126 Å². The smallest absolute Gasteiger partial charge is 0.265 e. The van der Waals surface area contributed by atoms with Gasteiger partial charge in [-0.15, -0.1) is 0 Å². The number of hydrogen-bond acceptors (Lipinski definition) is 5. The molecule has 1 heterocycles. The third-order valence-corrected chi connectivity index (χ3v) is 4.34. The molecule has 0 aliphatic rings. The van der Waals surface area contributed by atoms with Crippen LogP contribution in [-0.4, -0.2) is 18.4 Å². The Hall–Kier alpha value is -1.93. The Bertz CT molecular complexity index is 791. The van der Waals surface area contributed by atoms with Crippen LogP contribution >= 0.6 is 11.6 Å². The summed E-state index contributed by atoms with van der Waals surface area (Å²) in [6, 6.07) is 3.48. The minimum absolute atomic E-state index is 0.0912. The molecule has 0 saturated carbocycles. The lowest BCUT2D eigenvalue weighted by Crippen LogP contribution is -2.16. The molecule has 0 amide bonds. The van der Waals surface area contributed by atoms with Crippen molar-refractivity contribution in [2.45, 2.75) is 18.7 Å². The molecule has 112 valence electrons. The zero-order valence-corrected chi connectivity index (χ0v) is 12.8. The van der Waals surface area contributed by atoms with Gasteiger partial charge in [0.15, 0.2) is 0 Å². The summed E-state index contributed by atoms with van der Waals surface area (Å²) in [6.45, 7) is 3.41. The molecule has 3 N–H and O–H groups in total. The predicted octanol–water partition coefficient (Wildman–Crippen LogP) is 2.27. The number of anilines is 2. The maximum absolute atomic E-state index is 13.2. The van der Waals surface area contributed by atoms with Crippen molar-refractivity contribution >= 4 is 33.3 Å². The first-order chi connectivity index (χ1) is 9.69. The van der Waals surface area contributed by atoms with Crippen molar-refractivity contribution in [1.82, 2.24) is 9.97 Å². The number of nitrogens with one attached hydrogen (secondary N) is 1. The fraction of sp³-hybridized carbons (Fsp3) is 0.167. The lowest BCUT2D eigenvalue weighted by atomic mass is 10.3. The minimum Gasteiger partial charge on any atom is -0.396 e. The molecular weight excluding hydrogens is 319 g/mol. The molecule has 0 fully saturated rings. The van der Waals surface area contributed by atoms with Gasteiger partial charge in [-0.25, -0.2) is 27.5 Å². The zero-order chi connectivity index (χ0) is 15.8. The highest BCUT2D eigenvalue weighted by molar-refractivity contribution is 7.92. The summed E-state index contributed by atoms with van der Waals surface area (Å²) >= 11 is 5.76. The first-order valence-electron chi connectivity index (χ1n) is 5.78. The van der Waals surface area contributed by atoms with E-state index in [1.54, 1.807) is 19.9 Å². The number of aryl methyl sites for hydroxylation is 2. The van der Waals surface area contributed by atoms with Gasteiger partial charge in [0.05, 0.1) is 10.7 Å². The third-order valence-electron chi connectivity index (χ3n) is 2.55. The molecule has 2 rings (SSSR count). The van der Waals surface area contributed by atoms with Gasteiger partial charge in [0.2, 0.25) is 5.95 Å². The molecule has 0 spiro atoms. The third kappa shape index (κ3) is 3.40. The molecule has 0 aliphatic carbocycles. The molecule has 0 radical (unpaired) electrons. The van der Waals surface area contributed by atoms with Gasteiger partial charge < -0.3 is 5.73 Å². The second-order valence-corrected chi connectivity index (χ2v) is 6.44. The number of nitrogen functional groups attached to an aromatic ring is 1. The van der Waals surface area contributed by atoms with Crippen LogP contribution in [0.25, 0.3) is 0 Å². The van der Waals surface area contributed by atoms with Crippen LogP contribution in [0.15, 0.2) is 23.1 Å². The largest absolute Gasteiger partial charge is 0.396 e. The molecule has 1 aromatic heterocycles.